The number of aryl methyl sites for hydroxylation is 1. The predicted octanol–water partition coefficient (Wildman–Crippen LogP) is 3.62. The van der Waals surface area contributed by atoms with E-state index in [1.165, 1.54) is 0 Å². The molecule has 1 aromatic carbocycles. The topological polar surface area (TPSA) is 27.1 Å². The van der Waals surface area contributed by atoms with Crippen molar-refractivity contribution in [2.24, 2.45) is 0 Å². The van der Waals surface area contributed by atoms with Crippen LogP contribution < -0.4 is 4.74 Å². The van der Waals surface area contributed by atoms with Crippen LogP contribution in [0, 0.1) is 6.92 Å². The van der Waals surface area contributed by atoms with Gasteiger partial charge in [-0.3, -0.25) is 4.68 Å². The van der Waals surface area contributed by atoms with E-state index in [0.717, 1.165) is 22.7 Å². The fourth-order valence-corrected chi connectivity index (χ4v) is 1.98. The smallest absolute Gasteiger partial charge is 0.118 e. The number of hydrogen-bond acceptors (Lipinski definition) is 2. The zero-order valence-electron chi connectivity index (χ0n) is 11.7. The van der Waals surface area contributed by atoms with E-state index in [1.54, 1.807) is 7.11 Å². The summed E-state index contributed by atoms with van der Waals surface area (Å²) < 4.78 is 7.26. The molecule has 0 radical (unpaired) electrons. The number of ether oxygens (including phenoxy) is 1. The van der Waals surface area contributed by atoms with E-state index in [0.29, 0.717) is 0 Å². The Balaban J connectivity index is 2.49. The Hall–Kier alpha value is -1.77. The Morgan fingerprint density at radius 3 is 2.22 bits per heavy atom. The van der Waals surface area contributed by atoms with E-state index < -0.39 is 0 Å². The lowest BCUT2D eigenvalue weighted by atomic mass is 10.1. The first kappa shape index (κ1) is 12.7. The minimum atomic E-state index is -0.0243. The number of benzene rings is 1. The molecule has 18 heavy (non-hydrogen) atoms. The molecule has 0 fully saturated rings. The minimum absolute atomic E-state index is 0.0243. The number of nitrogens with zero attached hydrogens (tertiary/aromatic N) is 2. The molecule has 0 saturated heterocycles. The fourth-order valence-electron chi connectivity index (χ4n) is 1.98. The molecule has 0 aliphatic heterocycles. The van der Waals surface area contributed by atoms with Crippen LogP contribution >= 0.6 is 0 Å². The minimum Gasteiger partial charge on any atom is -0.497 e. The van der Waals surface area contributed by atoms with Crippen LogP contribution in [0.25, 0.3) is 11.3 Å². The van der Waals surface area contributed by atoms with Crippen LogP contribution in [0.4, 0.5) is 0 Å². The van der Waals surface area contributed by atoms with Crippen LogP contribution in [0.5, 0.6) is 5.75 Å². The van der Waals surface area contributed by atoms with Crippen molar-refractivity contribution < 1.29 is 4.74 Å². The number of methoxy groups -OCH3 is 1. The van der Waals surface area contributed by atoms with Crippen molar-refractivity contribution in [2.75, 3.05) is 7.11 Å². The highest BCUT2D eigenvalue weighted by atomic mass is 16.5. The van der Waals surface area contributed by atoms with Gasteiger partial charge in [0.2, 0.25) is 0 Å². The van der Waals surface area contributed by atoms with Gasteiger partial charge in [0.25, 0.3) is 0 Å². The third kappa shape index (κ3) is 2.40. The first-order chi connectivity index (χ1) is 8.41. The molecule has 0 atom stereocenters. The molecule has 0 amide bonds. The second kappa shape index (κ2) is 4.48. The maximum Gasteiger partial charge on any atom is 0.118 e. The SMILES string of the molecule is COc1ccc(-c2cc(C)nn2C(C)(C)C)cc1. The highest BCUT2D eigenvalue weighted by Gasteiger charge is 2.19. The second-order valence-corrected chi connectivity index (χ2v) is 5.48. The van der Waals surface area contributed by atoms with Crippen molar-refractivity contribution in [3.05, 3.63) is 36.0 Å². The van der Waals surface area contributed by atoms with E-state index >= 15 is 0 Å². The van der Waals surface area contributed by atoms with Crippen molar-refractivity contribution in [3.63, 3.8) is 0 Å². The summed E-state index contributed by atoms with van der Waals surface area (Å²) in [4.78, 5) is 0. The Morgan fingerprint density at radius 1 is 1.11 bits per heavy atom. The Bertz CT molecular complexity index is 533. The van der Waals surface area contributed by atoms with Gasteiger partial charge >= 0.3 is 0 Å². The summed E-state index contributed by atoms with van der Waals surface area (Å²) in [7, 11) is 1.68. The van der Waals surface area contributed by atoms with E-state index in [4.69, 9.17) is 4.74 Å². The molecule has 1 heterocycles. The van der Waals surface area contributed by atoms with Gasteiger partial charge in [-0.25, -0.2) is 0 Å². The fraction of sp³-hybridized carbons (Fsp3) is 0.400. The molecule has 0 saturated carbocycles. The van der Waals surface area contributed by atoms with Gasteiger partial charge in [-0.1, -0.05) is 0 Å². The van der Waals surface area contributed by atoms with E-state index in [-0.39, 0.29) is 5.54 Å². The van der Waals surface area contributed by atoms with Crippen LogP contribution in [0.15, 0.2) is 30.3 Å². The summed E-state index contributed by atoms with van der Waals surface area (Å²) in [6, 6.07) is 10.2. The zero-order chi connectivity index (χ0) is 13.3. The van der Waals surface area contributed by atoms with Crippen molar-refractivity contribution in [3.8, 4) is 17.0 Å². The molecular formula is C15H20N2O. The molecule has 3 nitrogen and oxygen atoms in total. The lowest BCUT2D eigenvalue weighted by Crippen LogP contribution is -2.24. The lowest BCUT2D eigenvalue weighted by molar-refractivity contribution is 0.358. The van der Waals surface area contributed by atoms with Crippen molar-refractivity contribution in [1.29, 1.82) is 0 Å². The van der Waals surface area contributed by atoms with Gasteiger partial charge in [0.1, 0.15) is 5.75 Å². The number of rotatable bonds is 2. The molecule has 3 heteroatoms. The first-order valence-corrected chi connectivity index (χ1v) is 6.13. The molecule has 0 N–H and O–H groups in total. The van der Waals surface area contributed by atoms with Crippen LogP contribution in [0.1, 0.15) is 26.5 Å². The molecule has 0 aliphatic carbocycles. The Kier molecular flexibility index (Phi) is 3.16. The van der Waals surface area contributed by atoms with E-state index in [1.807, 2.05) is 19.1 Å². The zero-order valence-corrected chi connectivity index (χ0v) is 11.7. The van der Waals surface area contributed by atoms with Crippen molar-refractivity contribution in [2.45, 2.75) is 33.2 Å². The molecule has 0 unspecified atom stereocenters. The Morgan fingerprint density at radius 2 is 1.72 bits per heavy atom. The van der Waals surface area contributed by atoms with Gasteiger partial charge in [0.15, 0.2) is 0 Å². The van der Waals surface area contributed by atoms with Crippen molar-refractivity contribution in [1.82, 2.24) is 9.78 Å². The maximum absolute atomic E-state index is 5.19. The molecule has 0 spiro atoms. The van der Waals surface area contributed by atoms with Gasteiger partial charge < -0.3 is 4.74 Å². The average Bonchev–Trinajstić information content (AvgIpc) is 2.71. The molecule has 0 aliphatic rings. The van der Waals surface area contributed by atoms with Crippen LogP contribution in [-0.4, -0.2) is 16.9 Å². The second-order valence-electron chi connectivity index (χ2n) is 5.48. The molecule has 96 valence electrons. The molecular weight excluding hydrogens is 224 g/mol. The summed E-state index contributed by atoms with van der Waals surface area (Å²) in [5.74, 6) is 0.872. The van der Waals surface area contributed by atoms with Gasteiger partial charge in [0, 0.05) is 5.56 Å². The van der Waals surface area contributed by atoms with Gasteiger partial charge in [-0.15, -0.1) is 0 Å². The van der Waals surface area contributed by atoms with E-state index in [2.05, 4.69) is 48.8 Å². The quantitative estimate of drug-likeness (QED) is 0.806. The number of hydrogen-bond donors (Lipinski definition) is 0. The normalized spacial score (nSPS) is 11.6. The largest absolute Gasteiger partial charge is 0.497 e. The maximum atomic E-state index is 5.19. The van der Waals surface area contributed by atoms with E-state index in [9.17, 15) is 0 Å². The first-order valence-electron chi connectivity index (χ1n) is 6.13. The summed E-state index contributed by atoms with van der Waals surface area (Å²) in [5, 5.41) is 4.59. The van der Waals surface area contributed by atoms with Gasteiger partial charge in [-0.05, 0) is 58.0 Å². The van der Waals surface area contributed by atoms with Crippen LogP contribution in [0.2, 0.25) is 0 Å². The lowest BCUT2D eigenvalue weighted by Gasteiger charge is -2.22. The molecule has 2 rings (SSSR count). The summed E-state index contributed by atoms with van der Waals surface area (Å²) in [6.45, 7) is 8.50. The third-order valence-corrected chi connectivity index (χ3v) is 2.85. The van der Waals surface area contributed by atoms with Crippen molar-refractivity contribution >= 4 is 0 Å². The summed E-state index contributed by atoms with van der Waals surface area (Å²) in [5.41, 5.74) is 3.31. The molecule has 0 bridgehead atoms. The van der Waals surface area contributed by atoms with Gasteiger partial charge in [0.05, 0.1) is 24.0 Å². The summed E-state index contributed by atoms with van der Waals surface area (Å²) >= 11 is 0. The molecule has 2 aromatic rings. The van der Waals surface area contributed by atoms with Crippen LogP contribution in [0.3, 0.4) is 0 Å². The summed E-state index contributed by atoms with van der Waals surface area (Å²) in [6.07, 6.45) is 0. The number of aromatic nitrogens is 2. The monoisotopic (exact) mass is 244 g/mol. The Labute approximate surface area is 108 Å². The standard InChI is InChI=1S/C15H20N2O/c1-11-10-14(17(16-11)15(2,3)4)12-6-8-13(18-5)9-7-12/h6-10H,1-5H3. The highest BCUT2D eigenvalue weighted by Crippen LogP contribution is 2.27. The van der Waals surface area contributed by atoms with Crippen LogP contribution in [-0.2, 0) is 5.54 Å². The highest BCUT2D eigenvalue weighted by molar-refractivity contribution is 5.61. The predicted molar refractivity (Wildman–Crippen MR) is 73.9 cm³/mol. The average molecular weight is 244 g/mol. The third-order valence-electron chi connectivity index (χ3n) is 2.85. The molecule has 1 aromatic heterocycles. The van der Waals surface area contributed by atoms with Gasteiger partial charge in [-0.2, -0.15) is 5.10 Å².